The highest BCUT2D eigenvalue weighted by molar-refractivity contribution is 7.17. The van der Waals surface area contributed by atoms with E-state index in [-0.39, 0.29) is 18.9 Å². The number of aromatic nitrogens is 4. The maximum absolute atomic E-state index is 12.6. The van der Waals surface area contributed by atoms with E-state index in [1.807, 2.05) is 32.2 Å². The first kappa shape index (κ1) is 31.7. The number of rotatable bonds is 12. The van der Waals surface area contributed by atoms with Gasteiger partial charge >= 0.3 is 5.97 Å². The average Bonchev–Trinajstić information content (AvgIpc) is 3.52. The largest absolute Gasteiger partial charge is 0.461 e. The summed E-state index contributed by atoms with van der Waals surface area (Å²) in [5.74, 6) is 0.565. The van der Waals surface area contributed by atoms with Gasteiger partial charge in [-0.05, 0) is 62.2 Å². The average molecular weight is 627 g/mol. The van der Waals surface area contributed by atoms with Gasteiger partial charge in [-0.3, -0.25) is 4.57 Å². The number of aliphatic hydroxyl groups is 1. The zero-order valence-electron chi connectivity index (χ0n) is 25.2. The van der Waals surface area contributed by atoms with E-state index in [4.69, 9.17) is 14.5 Å². The van der Waals surface area contributed by atoms with Crippen LogP contribution < -0.4 is 9.70 Å². The lowest BCUT2D eigenvalue weighted by atomic mass is 10.2. The summed E-state index contributed by atoms with van der Waals surface area (Å²) < 4.78 is 14.5. The number of aryl methyl sites for hydroxylation is 1. The van der Waals surface area contributed by atoms with E-state index < -0.39 is 14.0 Å². The third kappa shape index (κ3) is 7.78. The highest BCUT2D eigenvalue weighted by Crippen LogP contribution is 2.32. The first-order chi connectivity index (χ1) is 20.0. The van der Waals surface area contributed by atoms with E-state index in [9.17, 15) is 9.90 Å². The first-order valence-corrected chi connectivity index (χ1v) is 19.1. The fourth-order valence-electron chi connectivity index (χ4n) is 3.87. The number of hydrogen-bond donors (Lipinski definition) is 1. The summed E-state index contributed by atoms with van der Waals surface area (Å²) in [6.07, 6.45) is 1.75. The number of anilines is 2. The van der Waals surface area contributed by atoms with Crippen LogP contribution in [0.1, 0.15) is 34.8 Å². The van der Waals surface area contributed by atoms with Crippen LogP contribution in [0, 0.1) is 6.92 Å². The molecule has 224 valence electrons. The summed E-state index contributed by atoms with van der Waals surface area (Å²) in [4.78, 5) is 25.2. The van der Waals surface area contributed by atoms with Gasteiger partial charge in [0.2, 0.25) is 0 Å². The van der Waals surface area contributed by atoms with Gasteiger partial charge in [0, 0.05) is 21.7 Å². The molecule has 0 bridgehead atoms. The molecule has 3 aromatic heterocycles. The van der Waals surface area contributed by atoms with Crippen LogP contribution in [0.15, 0.2) is 40.9 Å². The van der Waals surface area contributed by atoms with E-state index in [0.29, 0.717) is 33.9 Å². The Bertz CT molecular complexity index is 1650. The maximum atomic E-state index is 12.6. The van der Waals surface area contributed by atoms with Gasteiger partial charge in [-0.1, -0.05) is 54.4 Å². The monoisotopic (exact) mass is 626 g/mol. The molecule has 13 heteroatoms. The smallest absolute Gasteiger partial charge is 0.358 e. The van der Waals surface area contributed by atoms with Crippen LogP contribution in [-0.4, -0.2) is 65.8 Å². The van der Waals surface area contributed by atoms with E-state index in [0.717, 1.165) is 33.2 Å². The van der Waals surface area contributed by atoms with Gasteiger partial charge in [-0.15, -0.1) is 10.2 Å². The van der Waals surface area contributed by atoms with Crippen molar-refractivity contribution >= 4 is 69.8 Å². The topological polar surface area (TPSA) is 115 Å². The molecule has 0 aliphatic heterocycles. The Labute approximate surface area is 255 Å². The van der Waals surface area contributed by atoms with Crippen molar-refractivity contribution in [1.82, 2.24) is 19.7 Å². The van der Waals surface area contributed by atoms with Gasteiger partial charge in [0.25, 0.3) is 0 Å². The number of thiazole rings is 2. The van der Waals surface area contributed by atoms with Crippen molar-refractivity contribution in [2.75, 3.05) is 31.8 Å². The van der Waals surface area contributed by atoms with Gasteiger partial charge in [0.1, 0.15) is 6.73 Å². The van der Waals surface area contributed by atoms with Crippen LogP contribution in [0.4, 0.5) is 16.8 Å². The van der Waals surface area contributed by atoms with Gasteiger partial charge in [-0.25, -0.2) is 9.78 Å². The van der Waals surface area contributed by atoms with Crippen LogP contribution in [0.5, 0.6) is 0 Å². The Balaban J connectivity index is 1.64. The molecule has 42 heavy (non-hydrogen) atoms. The number of carbonyl (C=O) groups excluding carboxylic acids is 1. The van der Waals surface area contributed by atoms with Crippen molar-refractivity contribution in [2.45, 2.75) is 53.2 Å². The van der Waals surface area contributed by atoms with E-state index in [1.54, 1.807) is 36.2 Å². The third-order valence-electron chi connectivity index (χ3n) is 6.32. The number of carbonyl (C=O) groups is 1. The van der Waals surface area contributed by atoms with Crippen molar-refractivity contribution in [3.05, 3.63) is 56.8 Å². The standard InChI is InChI=1S/C29H38N6O4S2Si/c1-8-39-27(37)25-23(15-19(2)17-36)41-28(30-25)34(4)24-16-20(3)26(33-32-24)31-29-35(18-38-13-14-42(5,6)7)21-11-9-10-12-22(21)40-29/h9-12,15-16,36H,8,13-14,17-18H2,1-7H3/b19-15+,31-29-. The lowest BCUT2D eigenvalue weighted by Crippen LogP contribution is -2.23. The molecule has 0 amide bonds. The molecule has 0 fully saturated rings. The number of esters is 1. The second-order valence-corrected chi connectivity index (χ2v) is 18.7. The van der Waals surface area contributed by atoms with E-state index in [1.165, 1.54) is 11.3 Å². The lowest BCUT2D eigenvalue weighted by molar-refractivity contribution is 0.0520. The molecule has 0 atom stereocenters. The molecule has 3 heterocycles. The zero-order chi connectivity index (χ0) is 30.4. The summed E-state index contributed by atoms with van der Waals surface area (Å²) in [5, 5.41) is 18.9. The number of benzene rings is 1. The van der Waals surface area contributed by atoms with Crippen molar-refractivity contribution in [3.63, 3.8) is 0 Å². The molecule has 4 rings (SSSR count). The quantitative estimate of drug-likeness (QED) is 0.113. The highest BCUT2D eigenvalue weighted by Gasteiger charge is 2.22. The number of ether oxygens (including phenoxy) is 2. The van der Waals surface area contributed by atoms with Crippen LogP contribution in [0.2, 0.25) is 25.7 Å². The van der Waals surface area contributed by atoms with Crippen molar-refractivity contribution in [2.24, 2.45) is 4.99 Å². The minimum atomic E-state index is -1.19. The van der Waals surface area contributed by atoms with Crippen LogP contribution in [0.3, 0.4) is 0 Å². The molecule has 10 nitrogen and oxygen atoms in total. The highest BCUT2D eigenvalue weighted by atomic mass is 32.1. The SMILES string of the molecule is CCOC(=O)c1nc(N(C)c2cc(C)c(/N=c3\sc4ccccc4n3COCC[Si](C)(C)C)nn2)sc1/C=C(\C)CO. The number of fused-ring (bicyclic) bond motifs is 1. The number of nitrogens with zero attached hydrogens (tertiary/aromatic N) is 6. The second kappa shape index (κ2) is 13.8. The van der Waals surface area contributed by atoms with Gasteiger partial charge < -0.3 is 19.5 Å². The fourth-order valence-corrected chi connectivity index (χ4v) is 6.70. The molecular formula is C29H38N6O4S2Si. The van der Waals surface area contributed by atoms with Gasteiger partial charge in [0.05, 0.1) is 28.3 Å². The summed E-state index contributed by atoms with van der Waals surface area (Å²) in [6, 6.07) is 11.2. The molecule has 0 spiro atoms. The number of hydrogen-bond acceptors (Lipinski definition) is 11. The normalized spacial score (nSPS) is 12.8. The van der Waals surface area contributed by atoms with Crippen molar-refractivity contribution in [3.8, 4) is 0 Å². The van der Waals surface area contributed by atoms with Crippen molar-refractivity contribution in [1.29, 1.82) is 0 Å². The van der Waals surface area contributed by atoms with Crippen LogP contribution in [0.25, 0.3) is 16.3 Å². The Kier molecular flexibility index (Phi) is 10.4. The maximum Gasteiger partial charge on any atom is 0.358 e. The summed E-state index contributed by atoms with van der Waals surface area (Å²) in [7, 11) is 0.626. The van der Waals surface area contributed by atoms with Crippen molar-refractivity contribution < 1.29 is 19.4 Å². The fraction of sp³-hybridized carbons (Fsp3) is 0.414. The molecule has 0 aliphatic carbocycles. The Morgan fingerprint density at radius 3 is 2.67 bits per heavy atom. The number of para-hydroxylation sites is 1. The molecule has 1 N–H and O–H groups in total. The first-order valence-electron chi connectivity index (χ1n) is 13.8. The van der Waals surface area contributed by atoms with E-state index >= 15 is 0 Å². The van der Waals surface area contributed by atoms with E-state index in [2.05, 4.69) is 51.5 Å². The zero-order valence-corrected chi connectivity index (χ0v) is 27.8. The number of aliphatic hydroxyl groups excluding tert-OH is 1. The minimum absolute atomic E-state index is 0.120. The molecule has 0 unspecified atom stereocenters. The predicted octanol–water partition coefficient (Wildman–Crippen LogP) is 6.14. The summed E-state index contributed by atoms with van der Waals surface area (Å²) in [6.45, 7) is 13.8. The Hall–Kier alpha value is -3.23. The van der Waals surface area contributed by atoms with Gasteiger partial charge in [-0.2, -0.15) is 4.99 Å². The molecule has 0 aliphatic rings. The van der Waals surface area contributed by atoms with Crippen LogP contribution >= 0.6 is 22.7 Å². The molecule has 1 aromatic carbocycles. The second-order valence-electron chi connectivity index (χ2n) is 11.1. The molecule has 0 saturated carbocycles. The molecular weight excluding hydrogens is 589 g/mol. The molecule has 0 saturated heterocycles. The predicted molar refractivity (Wildman–Crippen MR) is 173 cm³/mol. The Morgan fingerprint density at radius 1 is 1.21 bits per heavy atom. The van der Waals surface area contributed by atoms with Crippen LogP contribution in [-0.2, 0) is 16.2 Å². The summed E-state index contributed by atoms with van der Waals surface area (Å²) >= 11 is 2.90. The summed E-state index contributed by atoms with van der Waals surface area (Å²) in [5.41, 5.74) is 2.82. The third-order valence-corrected chi connectivity index (χ3v) is 10.2. The molecule has 0 radical (unpaired) electrons. The molecule has 4 aromatic rings. The van der Waals surface area contributed by atoms with Gasteiger partial charge in [0.15, 0.2) is 27.3 Å². The minimum Gasteiger partial charge on any atom is -0.461 e. The lowest BCUT2D eigenvalue weighted by Gasteiger charge is -2.16. The Morgan fingerprint density at radius 2 is 1.98 bits per heavy atom.